The molecule has 190 valence electrons. The van der Waals surface area contributed by atoms with Gasteiger partial charge in [0, 0.05) is 23.3 Å². The Morgan fingerprint density at radius 3 is 2.84 bits per heavy atom. The monoisotopic (exact) mass is 564 g/mol. The first kappa shape index (κ1) is 28.8. The average molecular weight is 564 g/mol. The van der Waals surface area contributed by atoms with Crippen LogP contribution in [-0.2, 0) is 38.1 Å². The third-order valence-electron chi connectivity index (χ3n) is 5.05. The van der Waals surface area contributed by atoms with Crippen molar-refractivity contribution in [2.24, 2.45) is 5.16 Å². The number of carbonyl (C=O) groups excluding carboxylic acids is 5. The van der Waals surface area contributed by atoms with Gasteiger partial charge in [0.05, 0.1) is 5.01 Å². The van der Waals surface area contributed by atoms with E-state index in [1.807, 2.05) is 0 Å². The first-order valence-electron chi connectivity index (χ1n) is 10.3. The minimum atomic E-state index is -1.42. The average Bonchev–Trinajstić information content (AvgIpc) is 3.34. The van der Waals surface area contributed by atoms with Crippen LogP contribution in [0.3, 0.4) is 0 Å². The van der Waals surface area contributed by atoms with Crippen molar-refractivity contribution in [3.63, 3.8) is 0 Å². The van der Waals surface area contributed by atoms with Crippen molar-refractivity contribution in [3.05, 3.63) is 27.4 Å². The summed E-state index contributed by atoms with van der Waals surface area (Å²) in [5.74, 6) is -2.12. The molecule has 37 heavy (non-hydrogen) atoms. The van der Waals surface area contributed by atoms with Crippen molar-refractivity contribution >= 4 is 93.4 Å². The van der Waals surface area contributed by atoms with Gasteiger partial charge in [0.1, 0.15) is 22.8 Å². The summed E-state index contributed by atoms with van der Waals surface area (Å²) in [6.45, 7) is 1.81. The van der Waals surface area contributed by atoms with E-state index in [1.54, 1.807) is 6.92 Å². The zero-order chi connectivity index (χ0) is 27.1. The Morgan fingerprint density at radius 1 is 1.49 bits per heavy atom. The van der Waals surface area contributed by atoms with Crippen LogP contribution in [0.25, 0.3) is 0 Å². The number of rotatable bonds is 13. The van der Waals surface area contributed by atoms with Gasteiger partial charge in [-0.25, -0.2) is 9.78 Å². The van der Waals surface area contributed by atoms with Crippen LogP contribution in [0.15, 0.2) is 21.8 Å². The zero-order valence-electron chi connectivity index (χ0n) is 19.0. The molecule has 1 saturated heterocycles. The fraction of sp³-hybridized carbons (Fsp3) is 0.389. The van der Waals surface area contributed by atoms with E-state index in [1.165, 1.54) is 28.5 Å². The van der Waals surface area contributed by atoms with Crippen LogP contribution in [0.4, 0.5) is 0 Å². The van der Waals surface area contributed by atoms with Crippen LogP contribution in [0, 0.1) is 6.92 Å². The lowest BCUT2D eigenvalue weighted by Crippen LogP contribution is -2.71. The molecule has 0 spiro atoms. The third-order valence-corrected chi connectivity index (χ3v) is 7.49. The normalized spacial score (nSPS) is 19.7. The molecule has 3 atom stereocenters. The smallest absolute Gasteiger partial charge is 0.378 e. The molecule has 2 amide bonds. The highest BCUT2D eigenvalue weighted by Gasteiger charge is 2.54. The standard InChI is InChI=1S/C18H16B3ClN4O9S2/c1-7-23-9(5-36-7)11(25-35-10(14(28)21-32)2-20-33-6-27)15(29)24-12-16(30)26-13(18(31)34-19)8(3-22)4-37-17(12)26/h5-6,10,12,17,32H,2-4H2,1H3,(H,24,29)/b25-11-/t10-,12+,17+/m0/s1. The molecule has 0 saturated carbocycles. The van der Waals surface area contributed by atoms with Crippen molar-refractivity contribution in [1.29, 1.82) is 0 Å². The lowest BCUT2D eigenvalue weighted by molar-refractivity contribution is -0.149. The lowest BCUT2D eigenvalue weighted by Gasteiger charge is -2.49. The summed E-state index contributed by atoms with van der Waals surface area (Å²) < 4.78 is 8.71. The first-order chi connectivity index (χ1) is 17.8. The van der Waals surface area contributed by atoms with Crippen molar-refractivity contribution in [3.8, 4) is 0 Å². The fourth-order valence-electron chi connectivity index (χ4n) is 3.31. The van der Waals surface area contributed by atoms with E-state index in [-0.39, 0.29) is 43.3 Å². The molecule has 3 heterocycles. The van der Waals surface area contributed by atoms with E-state index in [0.29, 0.717) is 16.3 Å². The predicted molar refractivity (Wildman–Crippen MR) is 134 cm³/mol. The van der Waals surface area contributed by atoms with E-state index in [4.69, 9.17) is 29.5 Å². The molecule has 0 bridgehead atoms. The molecule has 4 radical (unpaired) electrons. The maximum absolute atomic E-state index is 13.2. The third kappa shape index (κ3) is 6.37. The van der Waals surface area contributed by atoms with Crippen LogP contribution in [0.2, 0.25) is 6.32 Å². The molecule has 0 aliphatic carbocycles. The highest BCUT2D eigenvalue weighted by molar-refractivity contribution is 8.00. The molecule has 2 aliphatic heterocycles. The largest absolute Gasteiger partial charge is 0.541 e. The minimum Gasteiger partial charge on any atom is -0.541 e. The predicted octanol–water partition coefficient (Wildman–Crippen LogP) is -1.59. The number of aryl methyl sites for hydroxylation is 1. The maximum Gasteiger partial charge on any atom is 0.378 e. The Labute approximate surface area is 226 Å². The van der Waals surface area contributed by atoms with Crippen molar-refractivity contribution in [2.75, 3.05) is 11.6 Å². The summed E-state index contributed by atoms with van der Waals surface area (Å²) in [4.78, 5) is 71.0. The van der Waals surface area contributed by atoms with Crippen LogP contribution < -0.4 is 5.32 Å². The molecule has 19 heteroatoms. The summed E-state index contributed by atoms with van der Waals surface area (Å²) in [5, 5.41) is 16.8. The highest BCUT2D eigenvalue weighted by atomic mass is 35.5. The Balaban J connectivity index is 1.81. The van der Waals surface area contributed by atoms with Gasteiger partial charge >= 0.3 is 29.0 Å². The molecule has 1 aromatic rings. The van der Waals surface area contributed by atoms with Crippen molar-refractivity contribution in [2.45, 2.75) is 30.8 Å². The number of halogens is 1. The lowest BCUT2D eigenvalue weighted by atomic mass is 9.80. The number of amides is 2. The number of β-lactam (4-membered cyclic amide) rings is 1. The number of thiazole rings is 1. The molecular formula is C18H16B3ClN4O9S2. The van der Waals surface area contributed by atoms with Gasteiger partial charge in [0.25, 0.3) is 18.3 Å². The Kier molecular flexibility index (Phi) is 10.2. The Hall–Kier alpha value is -2.82. The maximum atomic E-state index is 13.2. The summed E-state index contributed by atoms with van der Waals surface area (Å²) in [7, 11) is 6.20. The van der Waals surface area contributed by atoms with E-state index < -0.39 is 41.0 Å². The van der Waals surface area contributed by atoms with Gasteiger partial charge < -0.3 is 29.3 Å². The number of nitrogens with zero attached hydrogens (tertiary/aromatic N) is 3. The zero-order valence-corrected chi connectivity index (χ0v) is 21.4. The summed E-state index contributed by atoms with van der Waals surface area (Å²) in [5.41, 5.74) is -0.782. The van der Waals surface area contributed by atoms with Crippen LogP contribution in [-0.4, -0.2) is 103 Å². The quantitative estimate of drug-likeness (QED) is 0.0538. The van der Waals surface area contributed by atoms with Crippen LogP contribution in [0.1, 0.15) is 10.7 Å². The molecule has 13 nitrogen and oxygen atoms in total. The number of oxime groups is 1. The number of hydrogen-bond donors (Lipinski definition) is 2. The summed E-state index contributed by atoms with van der Waals surface area (Å²) in [6.07, 6.45) is -1.71. The first-order valence-corrected chi connectivity index (χ1v) is 12.8. The molecule has 0 aromatic carbocycles. The van der Waals surface area contributed by atoms with Gasteiger partial charge in [-0.3, -0.25) is 19.3 Å². The topological polar surface area (TPSA) is 174 Å². The Bertz CT molecular complexity index is 1150. The summed E-state index contributed by atoms with van der Waals surface area (Å²) in [6, 6.07) is -1.04. The summed E-state index contributed by atoms with van der Waals surface area (Å²) >= 11 is 8.38. The van der Waals surface area contributed by atoms with Gasteiger partial charge in [-0.15, -0.1) is 34.7 Å². The second-order valence-electron chi connectivity index (χ2n) is 7.30. The molecule has 1 fully saturated rings. The number of alkyl halides is 1. The van der Waals surface area contributed by atoms with Crippen LogP contribution in [0.5, 0.6) is 0 Å². The van der Waals surface area contributed by atoms with Crippen molar-refractivity contribution in [1.82, 2.24) is 15.2 Å². The van der Waals surface area contributed by atoms with E-state index in [9.17, 15) is 24.0 Å². The number of nitrogens with one attached hydrogen (secondary N) is 1. The van der Waals surface area contributed by atoms with Gasteiger partial charge in [0.15, 0.2) is 17.5 Å². The van der Waals surface area contributed by atoms with Gasteiger partial charge in [0.2, 0.25) is 0 Å². The van der Waals surface area contributed by atoms with E-state index in [0.717, 1.165) is 12.4 Å². The van der Waals surface area contributed by atoms with Crippen LogP contribution >= 0.6 is 34.7 Å². The number of aromatic nitrogens is 1. The number of hydrogen-bond acceptors (Lipinski definition) is 13. The number of fused-ring (bicyclic) bond motifs is 1. The molecule has 2 aliphatic rings. The second-order valence-corrected chi connectivity index (χ2v) is 9.74. The highest BCUT2D eigenvalue weighted by Crippen LogP contribution is 2.40. The molecule has 1 aromatic heterocycles. The van der Waals surface area contributed by atoms with E-state index >= 15 is 0 Å². The number of thioether (sulfide) groups is 1. The molecule has 3 rings (SSSR count). The second kappa shape index (κ2) is 13.1. The van der Waals surface area contributed by atoms with Gasteiger partial charge in [-0.05, 0) is 12.5 Å². The van der Waals surface area contributed by atoms with E-state index in [2.05, 4.69) is 24.8 Å². The molecular weight excluding hydrogens is 548 g/mol. The van der Waals surface area contributed by atoms with Gasteiger partial charge in [-0.2, -0.15) is 0 Å². The minimum absolute atomic E-state index is 0.0250. The van der Waals surface area contributed by atoms with Crippen molar-refractivity contribution < 1.29 is 43.1 Å². The molecule has 0 unspecified atom stereocenters. The molecule has 2 N–H and O–H groups in total. The Morgan fingerprint density at radius 2 is 2.24 bits per heavy atom. The SMILES string of the molecule is [B]OC(=O)C1=C(CCl)CS[C@@H]2[C@H](NC(=O)/C(=N\O[C@@H](C[B]OC=O)C(=O)[B]O)c3csc(C)n3)C(=O)N12. The number of carbonyl (C=O) groups is 5. The fourth-order valence-corrected chi connectivity index (χ4v) is 5.59. The van der Waals surface area contributed by atoms with Gasteiger partial charge in [-0.1, -0.05) is 5.16 Å².